The van der Waals surface area contributed by atoms with E-state index in [0.717, 1.165) is 0 Å². The van der Waals surface area contributed by atoms with Gasteiger partial charge < -0.3 is 5.11 Å². The molecule has 1 rings (SSSR count). The molecule has 1 heterocycles. The lowest BCUT2D eigenvalue weighted by atomic mass is 10.3. The second kappa shape index (κ2) is 4.34. The highest BCUT2D eigenvalue weighted by Crippen LogP contribution is 2.16. The Balaban J connectivity index is 3.05. The summed E-state index contributed by atoms with van der Waals surface area (Å²) in [5.74, 6) is 5.53. The fourth-order valence-corrected chi connectivity index (χ4v) is 1.01. The van der Waals surface area contributed by atoms with E-state index in [1.54, 1.807) is 6.07 Å². The molecule has 0 aliphatic carbocycles. The molecule has 0 atom stereocenters. The molecule has 1 aromatic heterocycles. The minimum absolute atomic E-state index is 0.0656. The van der Waals surface area contributed by atoms with E-state index in [4.69, 9.17) is 11.6 Å². The Morgan fingerprint density at radius 1 is 1.58 bits per heavy atom. The van der Waals surface area contributed by atoms with Crippen LogP contribution < -0.4 is 0 Å². The van der Waals surface area contributed by atoms with Crippen molar-refractivity contribution in [2.24, 2.45) is 0 Å². The molecule has 12 heavy (non-hydrogen) atoms. The molecule has 0 aliphatic rings. The van der Waals surface area contributed by atoms with Crippen molar-refractivity contribution in [3.05, 3.63) is 22.4 Å². The van der Waals surface area contributed by atoms with Crippen LogP contribution in [0.25, 0.3) is 0 Å². The molecule has 0 aliphatic heterocycles. The Morgan fingerprint density at radius 2 is 2.33 bits per heavy atom. The first-order valence-corrected chi connectivity index (χ1v) is 4.47. The number of halogens is 2. The van der Waals surface area contributed by atoms with Gasteiger partial charge in [-0.15, -0.1) is 11.6 Å². The van der Waals surface area contributed by atoms with Crippen molar-refractivity contribution < 1.29 is 5.11 Å². The predicted molar refractivity (Wildman–Crippen MR) is 51.2 cm³/mol. The normalized spacial score (nSPS) is 8.83. The van der Waals surface area contributed by atoms with Gasteiger partial charge in [-0.3, -0.25) is 0 Å². The van der Waals surface area contributed by atoms with E-state index in [1.807, 2.05) is 0 Å². The average Bonchev–Trinajstić information content (AvgIpc) is 2.07. The van der Waals surface area contributed by atoms with Crippen molar-refractivity contribution in [2.75, 3.05) is 5.88 Å². The van der Waals surface area contributed by atoms with E-state index in [0.29, 0.717) is 10.3 Å². The number of rotatable bonds is 0. The summed E-state index contributed by atoms with van der Waals surface area (Å²) in [7, 11) is 0. The molecule has 0 fully saturated rings. The molecular formula is C8H5BrClNO. The molecular weight excluding hydrogens is 241 g/mol. The summed E-state index contributed by atoms with van der Waals surface area (Å²) in [4.78, 5) is 3.94. The molecule has 0 saturated carbocycles. The highest BCUT2D eigenvalue weighted by molar-refractivity contribution is 9.10. The number of hydrogen-bond donors (Lipinski definition) is 1. The molecule has 0 radical (unpaired) electrons. The molecule has 0 aromatic carbocycles. The van der Waals surface area contributed by atoms with Gasteiger partial charge in [-0.05, 0) is 34.0 Å². The number of alkyl halides is 1. The summed E-state index contributed by atoms with van der Waals surface area (Å²) in [6.45, 7) is 0. The summed E-state index contributed by atoms with van der Waals surface area (Å²) in [5.41, 5.74) is 0.338. The second-order valence-corrected chi connectivity index (χ2v) is 3.02. The minimum atomic E-state index is 0.0656. The maximum atomic E-state index is 9.23. The van der Waals surface area contributed by atoms with Crippen molar-refractivity contribution in [3.8, 4) is 17.6 Å². The monoisotopic (exact) mass is 245 g/mol. The number of pyridine rings is 1. The second-order valence-electron chi connectivity index (χ2n) is 1.94. The number of nitrogens with zero attached hydrogens (tertiary/aromatic N) is 1. The molecule has 0 bridgehead atoms. The molecule has 4 heteroatoms. The van der Waals surface area contributed by atoms with Crippen molar-refractivity contribution in [3.63, 3.8) is 0 Å². The van der Waals surface area contributed by atoms with Crippen molar-refractivity contribution >= 4 is 27.5 Å². The molecule has 0 spiro atoms. The van der Waals surface area contributed by atoms with E-state index in [1.165, 1.54) is 6.07 Å². The Morgan fingerprint density at radius 3 is 3.00 bits per heavy atom. The number of aromatic nitrogens is 1. The summed E-state index contributed by atoms with van der Waals surface area (Å²) in [6, 6.07) is 3.16. The lowest BCUT2D eigenvalue weighted by Crippen LogP contribution is -1.83. The van der Waals surface area contributed by atoms with E-state index in [9.17, 15) is 5.11 Å². The Hall–Kier alpha value is -0.720. The van der Waals surface area contributed by atoms with Gasteiger partial charge in [0.25, 0.3) is 0 Å². The molecule has 0 amide bonds. The molecule has 0 saturated heterocycles. The predicted octanol–water partition coefficient (Wildman–Crippen LogP) is 2.14. The van der Waals surface area contributed by atoms with E-state index in [2.05, 4.69) is 32.8 Å². The molecule has 1 aromatic rings. The molecule has 1 N–H and O–H groups in total. The fourth-order valence-electron chi connectivity index (χ4n) is 0.637. The van der Waals surface area contributed by atoms with E-state index >= 15 is 0 Å². The van der Waals surface area contributed by atoms with Crippen LogP contribution >= 0.6 is 27.5 Å². The maximum Gasteiger partial charge on any atom is 0.156 e. The number of hydrogen-bond acceptors (Lipinski definition) is 2. The van der Waals surface area contributed by atoms with Crippen molar-refractivity contribution in [1.82, 2.24) is 4.98 Å². The summed E-state index contributed by atoms with van der Waals surface area (Å²) in [6.07, 6.45) is 0. The Labute approximate surface area is 83.7 Å². The maximum absolute atomic E-state index is 9.23. The van der Waals surface area contributed by atoms with Gasteiger partial charge in [0.1, 0.15) is 10.4 Å². The third kappa shape index (κ3) is 2.40. The highest BCUT2D eigenvalue weighted by atomic mass is 79.9. The zero-order valence-corrected chi connectivity index (χ0v) is 8.35. The van der Waals surface area contributed by atoms with Crippen LogP contribution in [0.15, 0.2) is 16.7 Å². The van der Waals surface area contributed by atoms with Gasteiger partial charge in [0.2, 0.25) is 0 Å². The van der Waals surface area contributed by atoms with Crippen LogP contribution in [-0.4, -0.2) is 16.0 Å². The smallest absolute Gasteiger partial charge is 0.156 e. The quantitative estimate of drug-likeness (QED) is 0.432. The first-order chi connectivity index (χ1) is 5.74. The Kier molecular flexibility index (Phi) is 3.39. The highest BCUT2D eigenvalue weighted by Gasteiger charge is 1.98. The van der Waals surface area contributed by atoms with Crippen molar-refractivity contribution in [2.45, 2.75) is 0 Å². The van der Waals surface area contributed by atoms with Crippen LogP contribution in [-0.2, 0) is 0 Å². The van der Waals surface area contributed by atoms with Gasteiger partial charge in [-0.25, -0.2) is 4.98 Å². The van der Waals surface area contributed by atoms with Crippen LogP contribution in [0, 0.1) is 11.8 Å². The minimum Gasteiger partial charge on any atom is -0.505 e. The summed E-state index contributed by atoms with van der Waals surface area (Å²) < 4.78 is 0.638. The Bertz CT molecular complexity index is 343. The zero-order valence-electron chi connectivity index (χ0n) is 6.01. The van der Waals surface area contributed by atoms with E-state index < -0.39 is 0 Å². The van der Waals surface area contributed by atoms with Crippen LogP contribution in [0.5, 0.6) is 5.75 Å². The first kappa shape index (κ1) is 9.37. The lowest BCUT2D eigenvalue weighted by Gasteiger charge is -1.94. The van der Waals surface area contributed by atoms with Gasteiger partial charge in [-0.2, -0.15) is 0 Å². The van der Waals surface area contributed by atoms with Gasteiger partial charge in [-0.1, -0.05) is 5.92 Å². The van der Waals surface area contributed by atoms with Crippen LogP contribution in [0.1, 0.15) is 5.69 Å². The largest absolute Gasteiger partial charge is 0.505 e. The zero-order chi connectivity index (χ0) is 8.97. The SMILES string of the molecule is Oc1ccc(Br)nc1C#CCCl. The van der Waals surface area contributed by atoms with Gasteiger partial charge in [0.05, 0.1) is 5.88 Å². The summed E-state index contributed by atoms with van der Waals surface area (Å²) in [5, 5.41) is 9.23. The third-order valence-corrected chi connectivity index (χ3v) is 1.69. The van der Waals surface area contributed by atoms with Gasteiger partial charge in [0.15, 0.2) is 5.69 Å². The molecule has 2 nitrogen and oxygen atoms in total. The van der Waals surface area contributed by atoms with Crippen LogP contribution in [0.3, 0.4) is 0 Å². The van der Waals surface area contributed by atoms with Crippen LogP contribution in [0.2, 0.25) is 0 Å². The van der Waals surface area contributed by atoms with E-state index in [-0.39, 0.29) is 11.6 Å². The van der Waals surface area contributed by atoms with Crippen LogP contribution in [0.4, 0.5) is 0 Å². The average molecular weight is 246 g/mol. The fraction of sp³-hybridized carbons (Fsp3) is 0.125. The molecule has 62 valence electrons. The first-order valence-electron chi connectivity index (χ1n) is 3.14. The van der Waals surface area contributed by atoms with Crippen molar-refractivity contribution in [1.29, 1.82) is 0 Å². The third-order valence-electron chi connectivity index (χ3n) is 1.11. The lowest BCUT2D eigenvalue weighted by molar-refractivity contribution is 0.470. The standard InChI is InChI=1S/C8H5BrClNO/c9-8-4-3-7(12)6(11-8)2-1-5-10/h3-4,12H,5H2. The summed E-state index contributed by atoms with van der Waals surface area (Å²) >= 11 is 8.51. The van der Waals surface area contributed by atoms with Gasteiger partial charge >= 0.3 is 0 Å². The molecule has 0 unspecified atom stereocenters. The number of aromatic hydroxyl groups is 1. The van der Waals surface area contributed by atoms with Gasteiger partial charge in [0, 0.05) is 0 Å². The topological polar surface area (TPSA) is 33.1 Å².